The number of hydrogen-bond donors (Lipinski definition) is 1. The lowest BCUT2D eigenvalue weighted by Crippen LogP contribution is -2.36. The van der Waals surface area contributed by atoms with Crippen LogP contribution in [0.25, 0.3) is 28.4 Å². The van der Waals surface area contributed by atoms with Gasteiger partial charge >= 0.3 is 5.69 Å². The van der Waals surface area contributed by atoms with E-state index in [-0.39, 0.29) is 22.7 Å². The van der Waals surface area contributed by atoms with E-state index in [0.717, 1.165) is 4.57 Å². The number of hydrogen-bond acceptors (Lipinski definition) is 5. The molecule has 0 bridgehead atoms. The van der Waals surface area contributed by atoms with Crippen molar-refractivity contribution in [2.24, 2.45) is 14.1 Å². The van der Waals surface area contributed by atoms with Gasteiger partial charge < -0.3 is 4.98 Å². The van der Waals surface area contributed by atoms with E-state index >= 15 is 0 Å². The number of imidazole rings is 1. The zero-order chi connectivity index (χ0) is 17.7. The molecule has 0 aliphatic carbocycles. The molecule has 25 heavy (non-hydrogen) atoms. The smallest absolute Gasteiger partial charge is 0.331 e. The SMILES string of the molecule is Cn1c(=O)c2[nH]c(-c3cn(-c4ccccc4F)nn3)nc2n(C)c1=O. The summed E-state index contributed by atoms with van der Waals surface area (Å²) in [5.74, 6) is -0.185. The number of benzene rings is 1. The van der Waals surface area contributed by atoms with Crippen LogP contribution in [-0.4, -0.2) is 34.1 Å². The lowest BCUT2D eigenvalue weighted by Gasteiger charge is -2.00. The molecule has 0 atom stereocenters. The summed E-state index contributed by atoms with van der Waals surface area (Å²) in [5.41, 5.74) is -0.0258. The highest BCUT2D eigenvalue weighted by molar-refractivity contribution is 5.74. The third-order valence-electron chi connectivity index (χ3n) is 3.93. The third kappa shape index (κ3) is 2.18. The van der Waals surface area contributed by atoms with Crippen molar-refractivity contribution in [1.82, 2.24) is 34.1 Å². The van der Waals surface area contributed by atoms with Crippen molar-refractivity contribution in [1.29, 1.82) is 0 Å². The van der Waals surface area contributed by atoms with E-state index in [4.69, 9.17) is 0 Å². The summed E-state index contributed by atoms with van der Waals surface area (Å²) in [6.07, 6.45) is 1.48. The Balaban J connectivity index is 1.88. The van der Waals surface area contributed by atoms with Gasteiger partial charge in [0.15, 0.2) is 11.5 Å². The van der Waals surface area contributed by atoms with Gasteiger partial charge in [0, 0.05) is 14.1 Å². The van der Waals surface area contributed by atoms with Crippen LogP contribution in [0.2, 0.25) is 0 Å². The highest BCUT2D eigenvalue weighted by Gasteiger charge is 2.17. The first-order chi connectivity index (χ1) is 12.0. The zero-order valence-corrected chi connectivity index (χ0v) is 13.3. The highest BCUT2D eigenvalue weighted by atomic mass is 19.1. The van der Waals surface area contributed by atoms with Gasteiger partial charge in [-0.1, -0.05) is 17.3 Å². The fourth-order valence-corrected chi connectivity index (χ4v) is 2.57. The van der Waals surface area contributed by atoms with Crippen LogP contribution in [0.4, 0.5) is 4.39 Å². The Kier molecular flexibility index (Phi) is 3.14. The van der Waals surface area contributed by atoms with Crippen molar-refractivity contribution in [3.63, 3.8) is 0 Å². The van der Waals surface area contributed by atoms with E-state index < -0.39 is 17.1 Å². The van der Waals surface area contributed by atoms with E-state index in [1.54, 1.807) is 18.2 Å². The maximum atomic E-state index is 13.9. The Bertz CT molecular complexity index is 1230. The van der Waals surface area contributed by atoms with Gasteiger partial charge in [0.1, 0.15) is 22.7 Å². The molecule has 4 rings (SSSR count). The van der Waals surface area contributed by atoms with Gasteiger partial charge in [-0.25, -0.2) is 18.9 Å². The number of aromatic nitrogens is 7. The molecule has 3 aromatic heterocycles. The summed E-state index contributed by atoms with van der Waals surface area (Å²) in [4.78, 5) is 31.3. The fourth-order valence-electron chi connectivity index (χ4n) is 2.57. The molecule has 9 nitrogen and oxygen atoms in total. The zero-order valence-electron chi connectivity index (χ0n) is 13.3. The van der Waals surface area contributed by atoms with Crippen molar-refractivity contribution in [3.8, 4) is 17.2 Å². The minimum Gasteiger partial charge on any atom is -0.331 e. The van der Waals surface area contributed by atoms with Gasteiger partial charge in [-0.05, 0) is 12.1 Å². The monoisotopic (exact) mass is 341 g/mol. The molecule has 0 aliphatic heterocycles. The molecule has 0 unspecified atom stereocenters. The standard InChI is InChI=1S/C15H12FN7O2/c1-21-13-11(14(24)22(2)15(21)25)17-12(18-13)9-7-23(20-19-9)10-6-4-3-5-8(10)16/h3-7H,1-2H3,(H,17,18). The molecule has 0 saturated heterocycles. The third-order valence-corrected chi connectivity index (χ3v) is 3.93. The molecule has 0 saturated carbocycles. The molecule has 3 heterocycles. The van der Waals surface area contributed by atoms with Gasteiger partial charge in [-0.15, -0.1) is 5.10 Å². The Morgan fingerprint density at radius 2 is 1.88 bits per heavy atom. The van der Waals surface area contributed by atoms with Gasteiger partial charge in [0.05, 0.1) is 6.20 Å². The van der Waals surface area contributed by atoms with Crippen molar-refractivity contribution < 1.29 is 4.39 Å². The van der Waals surface area contributed by atoms with Crippen LogP contribution in [0.3, 0.4) is 0 Å². The molecule has 10 heteroatoms. The lowest BCUT2D eigenvalue weighted by molar-refractivity contribution is 0.607. The normalized spacial score (nSPS) is 11.3. The first-order valence-corrected chi connectivity index (χ1v) is 7.30. The molecular formula is C15H12FN7O2. The molecule has 0 spiro atoms. The number of halogens is 1. The van der Waals surface area contributed by atoms with E-state index in [1.807, 2.05) is 0 Å². The first kappa shape index (κ1) is 15.0. The van der Waals surface area contributed by atoms with Crippen LogP contribution in [0.5, 0.6) is 0 Å². The van der Waals surface area contributed by atoms with Crippen LogP contribution >= 0.6 is 0 Å². The van der Waals surface area contributed by atoms with Crippen molar-refractivity contribution >= 4 is 11.2 Å². The van der Waals surface area contributed by atoms with Crippen molar-refractivity contribution in [3.05, 3.63) is 57.1 Å². The summed E-state index contributed by atoms with van der Waals surface area (Å²) in [7, 11) is 2.91. The number of aromatic amines is 1. The molecular weight excluding hydrogens is 329 g/mol. The van der Waals surface area contributed by atoms with Crippen LogP contribution in [0.1, 0.15) is 0 Å². The lowest BCUT2D eigenvalue weighted by atomic mass is 10.3. The van der Waals surface area contributed by atoms with Crippen molar-refractivity contribution in [2.45, 2.75) is 0 Å². The molecule has 0 fully saturated rings. The molecule has 1 aromatic carbocycles. The molecule has 0 amide bonds. The molecule has 4 aromatic rings. The van der Waals surface area contributed by atoms with E-state index in [0.29, 0.717) is 5.69 Å². The maximum Gasteiger partial charge on any atom is 0.332 e. The number of H-pyrrole nitrogens is 1. The van der Waals surface area contributed by atoms with Crippen LogP contribution in [0.15, 0.2) is 40.1 Å². The predicted molar refractivity (Wildman–Crippen MR) is 86.9 cm³/mol. The number of para-hydroxylation sites is 1. The average Bonchev–Trinajstić information content (AvgIpc) is 3.25. The summed E-state index contributed by atoms with van der Waals surface area (Å²) in [6.45, 7) is 0. The van der Waals surface area contributed by atoms with Gasteiger partial charge in [0.25, 0.3) is 5.56 Å². The maximum absolute atomic E-state index is 13.9. The molecule has 0 radical (unpaired) electrons. The number of nitrogens with one attached hydrogen (secondary N) is 1. The van der Waals surface area contributed by atoms with Gasteiger partial charge in [-0.3, -0.25) is 13.9 Å². The van der Waals surface area contributed by atoms with Crippen molar-refractivity contribution in [2.75, 3.05) is 0 Å². The summed E-state index contributed by atoms with van der Waals surface area (Å²) in [5, 5.41) is 7.85. The van der Waals surface area contributed by atoms with Gasteiger partial charge in [-0.2, -0.15) is 0 Å². The van der Waals surface area contributed by atoms with E-state index in [2.05, 4.69) is 20.3 Å². The largest absolute Gasteiger partial charge is 0.332 e. The van der Waals surface area contributed by atoms with Crippen LogP contribution in [0, 0.1) is 5.82 Å². The summed E-state index contributed by atoms with van der Waals surface area (Å²) >= 11 is 0. The number of fused-ring (bicyclic) bond motifs is 1. The van der Waals surface area contributed by atoms with E-state index in [1.165, 1.54) is 35.6 Å². The molecule has 1 N–H and O–H groups in total. The Morgan fingerprint density at radius 1 is 1.12 bits per heavy atom. The molecule has 126 valence electrons. The number of rotatable bonds is 2. The fraction of sp³-hybridized carbons (Fsp3) is 0.133. The number of aryl methyl sites for hydroxylation is 1. The quantitative estimate of drug-likeness (QED) is 0.566. The number of nitrogens with zero attached hydrogens (tertiary/aromatic N) is 6. The topological polar surface area (TPSA) is 103 Å². The van der Waals surface area contributed by atoms with E-state index in [9.17, 15) is 14.0 Å². The Hall–Kier alpha value is -3.56. The minimum absolute atomic E-state index is 0.181. The second-order valence-electron chi connectivity index (χ2n) is 5.49. The second kappa shape index (κ2) is 5.23. The Labute approximate surface area is 139 Å². The highest BCUT2D eigenvalue weighted by Crippen LogP contribution is 2.18. The minimum atomic E-state index is -0.488. The Morgan fingerprint density at radius 3 is 2.64 bits per heavy atom. The second-order valence-corrected chi connectivity index (χ2v) is 5.49. The predicted octanol–water partition coefficient (Wildman–Crippen LogP) is 0.347. The van der Waals surface area contributed by atoms with Crippen LogP contribution in [-0.2, 0) is 14.1 Å². The average molecular weight is 341 g/mol. The van der Waals surface area contributed by atoms with Gasteiger partial charge in [0.2, 0.25) is 0 Å². The van der Waals surface area contributed by atoms with Crippen LogP contribution < -0.4 is 11.2 Å². The first-order valence-electron chi connectivity index (χ1n) is 7.30. The summed E-state index contributed by atoms with van der Waals surface area (Å²) in [6, 6.07) is 6.13. The molecule has 0 aliphatic rings. The summed E-state index contributed by atoms with van der Waals surface area (Å²) < 4.78 is 17.4.